The third kappa shape index (κ3) is 4.36. The largest absolute Gasteiger partial charge is 0.505 e. The van der Waals surface area contributed by atoms with Crippen LogP contribution in [0.2, 0.25) is 0 Å². The number of ether oxygens (including phenoxy) is 3. The summed E-state index contributed by atoms with van der Waals surface area (Å²) in [5, 5.41) is 9.95. The maximum Gasteiger partial charge on any atom is 0.251 e. The van der Waals surface area contributed by atoms with Crippen molar-refractivity contribution in [3.8, 4) is 23.0 Å². The van der Waals surface area contributed by atoms with Crippen LogP contribution in [0.15, 0.2) is 66.7 Å². The number of fused-ring (bicyclic) bond motifs is 6. The van der Waals surface area contributed by atoms with Gasteiger partial charge in [-0.3, -0.25) is 0 Å². The minimum Gasteiger partial charge on any atom is -0.505 e. The van der Waals surface area contributed by atoms with Gasteiger partial charge in [0, 0.05) is 24.0 Å². The highest BCUT2D eigenvalue weighted by Gasteiger charge is 2.60. The number of benzene rings is 4. The zero-order valence-electron chi connectivity index (χ0n) is 26.0. The smallest absolute Gasteiger partial charge is 0.251 e. The van der Waals surface area contributed by atoms with Gasteiger partial charge in [-0.2, -0.15) is 0 Å². The fourth-order valence-corrected chi connectivity index (χ4v) is 9.03. The van der Waals surface area contributed by atoms with E-state index < -0.39 is 70.8 Å². The summed E-state index contributed by atoms with van der Waals surface area (Å²) in [5.74, 6) is -5.98. The highest BCUT2D eigenvalue weighted by atomic mass is 19.3. The molecule has 2 heterocycles. The van der Waals surface area contributed by atoms with E-state index in [-0.39, 0.29) is 29.4 Å². The van der Waals surface area contributed by atoms with Crippen molar-refractivity contribution < 1.29 is 45.7 Å². The summed E-state index contributed by atoms with van der Waals surface area (Å²) in [6.07, 6.45) is -1.45. The number of alkyl halides is 2. The second kappa shape index (κ2) is 10.8. The zero-order valence-corrected chi connectivity index (χ0v) is 26.0. The van der Waals surface area contributed by atoms with E-state index in [1.165, 1.54) is 43.5 Å². The van der Waals surface area contributed by atoms with E-state index >= 15 is 13.2 Å². The first-order valence-electron chi connectivity index (χ1n) is 16.1. The third-order valence-corrected chi connectivity index (χ3v) is 11.2. The number of hydrogen-bond acceptors (Lipinski definition) is 4. The number of aromatic hydroxyl groups is 1. The fourth-order valence-electron chi connectivity index (χ4n) is 9.03. The molecule has 1 N–H and O–H groups in total. The van der Waals surface area contributed by atoms with Gasteiger partial charge in [-0.25, -0.2) is 26.3 Å². The molecule has 0 aromatic heterocycles. The van der Waals surface area contributed by atoms with Crippen LogP contribution in [0.25, 0.3) is 0 Å². The summed E-state index contributed by atoms with van der Waals surface area (Å²) >= 11 is 0. The molecule has 0 radical (unpaired) electrons. The van der Waals surface area contributed by atoms with Crippen molar-refractivity contribution in [2.24, 2.45) is 0 Å². The van der Waals surface area contributed by atoms with Crippen molar-refractivity contribution in [3.05, 3.63) is 118 Å². The molecule has 4 aliphatic rings. The third-order valence-electron chi connectivity index (χ3n) is 11.2. The van der Waals surface area contributed by atoms with E-state index in [4.69, 9.17) is 14.2 Å². The average molecular weight is 667 g/mol. The van der Waals surface area contributed by atoms with Crippen molar-refractivity contribution >= 4 is 0 Å². The second-order valence-electron chi connectivity index (χ2n) is 13.5. The van der Waals surface area contributed by atoms with Crippen LogP contribution < -0.4 is 14.2 Å². The Morgan fingerprint density at radius 2 is 1.44 bits per heavy atom. The summed E-state index contributed by atoms with van der Waals surface area (Å²) in [6, 6.07) is 15.8. The standard InChI is InChI=1S/C38H32F6O4/c1-46-29-11-7-22(18-27(29)42)38-16-15-36(43,44)19-32(38)48-35-23(8-9-25(40)34(35)38)20-5-12-31-37(14-13-20,21-6-10-28(45)26(41)17-21)33-24(39)3-2-4-30(33)47-31/h2-4,6-11,17-18,20,31-32,45H,5,12-16,19H2,1H3. The molecule has 4 aromatic carbocycles. The molecule has 0 bridgehead atoms. The lowest BCUT2D eigenvalue weighted by Gasteiger charge is -2.41. The SMILES string of the molecule is COc1ccc(C23CCC(F)(F)CC2Oc2c(C4CCC5Oc6cccc(F)c6C5(c5ccc(O)c(F)c5)CC4)ccc(F)c23)cc1F. The second-order valence-corrected chi connectivity index (χ2v) is 13.5. The number of halogens is 6. The molecule has 0 saturated heterocycles. The minimum absolute atomic E-state index is 0.0205. The molecule has 0 amide bonds. The molecule has 2 saturated carbocycles. The summed E-state index contributed by atoms with van der Waals surface area (Å²) in [4.78, 5) is 0. The molecule has 250 valence electrons. The molecule has 5 unspecified atom stereocenters. The molecule has 8 rings (SSSR count). The van der Waals surface area contributed by atoms with Crippen molar-refractivity contribution in [2.75, 3.05) is 7.11 Å². The Balaban J connectivity index is 1.24. The average Bonchev–Trinajstić information content (AvgIpc) is 3.50. The Morgan fingerprint density at radius 3 is 2.19 bits per heavy atom. The predicted molar refractivity (Wildman–Crippen MR) is 164 cm³/mol. The predicted octanol–water partition coefficient (Wildman–Crippen LogP) is 9.23. The van der Waals surface area contributed by atoms with E-state index in [2.05, 4.69) is 0 Å². The van der Waals surface area contributed by atoms with Crippen LogP contribution in [0.3, 0.4) is 0 Å². The van der Waals surface area contributed by atoms with E-state index in [9.17, 15) is 18.3 Å². The topological polar surface area (TPSA) is 47.9 Å². The Morgan fingerprint density at radius 1 is 0.708 bits per heavy atom. The van der Waals surface area contributed by atoms with Crippen LogP contribution in [0.5, 0.6) is 23.0 Å². The Labute approximate surface area is 273 Å². The van der Waals surface area contributed by atoms with E-state index in [1.807, 2.05) is 0 Å². The van der Waals surface area contributed by atoms with E-state index in [1.54, 1.807) is 30.3 Å². The molecule has 2 fully saturated rings. The van der Waals surface area contributed by atoms with E-state index in [0.717, 1.165) is 0 Å². The van der Waals surface area contributed by atoms with Crippen LogP contribution in [0, 0.1) is 23.3 Å². The van der Waals surface area contributed by atoms with Crippen LogP contribution in [0.4, 0.5) is 26.3 Å². The molecule has 10 heteroatoms. The number of methoxy groups -OCH3 is 1. The lowest BCUT2D eigenvalue weighted by molar-refractivity contribution is -0.0833. The Hall–Kier alpha value is -4.34. The number of phenolic OH excluding ortho intramolecular Hbond substituents is 1. The van der Waals surface area contributed by atoms with Gasteiger partial charge in [0.15, 0.2) is 23.1 Å². The summed E-state index contributed by atoms with van der Waals surface area (Å²) in [5.41, 5.74) is -0.583. The Kier molecular flexibility index (Phi) is 6.99. The molecule has 4 nitrogen and oxygen atoms in total. The monoisotopic (exact) mass is 666 g/mol. The first kappa shape index (κ1) is 31.0. The molecular weight excluding hydrogens is 634 g/mol. The maximum absolute atomic E-state index is 16.1. The normalized spacial score (nSPS) is 28.3. The number of hydrogen-bond donors (Lipinski definition) is 1. The van der Waals surface area contributed by atoms with Gasteiger partial charge < -0.3 is 19.3 Å². The zero-order chi connectivity index (χ0) is 33.6. The van der Waals surface area contributed by atoms with Gasteiger partial charge in [0.05, 0.1) is 17.9 Å². The van der Waals surface area contributed by atoms with Crippen LogP contribution in [-0.4, -0.2) is 30.3 Å². The summed E-state index contributed by atoms with van der Waals surface area (Å²) in [6.45, 7) is 0. The van der Waals surface area contributed by atoms with Crippen LogP contribution >= 0.6 is 0 Å². The van der Waals surface area contributed by atoms with Gasteiger partial charge in [0.25, 0.3) is 5.92 Å². The quantitative estimate of drug-likeness (QED) is 0.221. The van der Waals surface area contributed by atoms with Crippen molar-refractivity contribution in [3.63, 3.8) is 0 Å². The molecule has 48 heavy (non-hydrogen) atoms. The molecular formula is C38H32F6O4. The van der Waals surface area contributed by atoms with Gasteiger partial charge >= 0.3 is 0 Å². The molecule has 4 aromatic rings. The maximum atomic E-state index is 16.1. The van der Waals surface area contributed by atoms with Crippen molar-refractivity contribution in [1.29, 1.82) is 0 Å². The lowest BCUT2D eigenvalue weighted by Crippen LogP contribution is -2.48. The molecule has 2 aliphatic carbocycles. The lowest BCUT2D eigenvalue weighted by atomic mass is 9.63. The van der Waals surface area contributed by atoms with Crippen LogP contribution in [-0.2, 0) is 10.8 Å². The molecule has 0 spiro atoms. The van der Waals surface area contributed by atoms with Crippen molar-refractivity contribution in [1.82, 2.24) is 0 Å². The van der Waals surface area contributed by atoms with Gasteiger partial charge in [-0.15, -0.1) is 0 Å². The van der Waals surface area contributed by atoms with Gasteiger partial charge in [0.2, 0.25) is 0 Å². The minimum atomic E-state index is -3.06. The van der Waals surface area contributed by atoms with Crippen molar-refractivity contribution in [2.45, 2.75) is 79.8 Å². The molecule has 5 atom stereocenters. The first-order valence-corrected chi connectivity index (χ1v) is 16.1. The molecule has 2 aliphatic heterocycles. The number of rotatable bonds is 4. The van der Waals surface area contributed by atoms with Gasteiger partial charge in [-0.1, -0.05) is 24.3 Å². The van der Waals surface area contributed by atoms with Gasteiger partial charge in [-0.05, 0) is 97.2 Å². The number of phenols is 1. The van der Waals surface area contributed by atoms with E-state index in [0.29, 0.717) is 53.7 Å². The first-order chi connectivity index (χ1) is 23.0. The fraction of sp³-hybridized carbons (Fsp3) is 0.368. The highest BCUT2D eigenvalue weighted by molar-refractivity contribution is 5.59. The van der Waals surface area contributed by atoms with Gasteiger partial charge in [0.1, 0.15) is 35.3 Å². The summed E-state index contributed by atoms with van der Waals surface area (Å²) < 4.78 is 109. The Bertz CT molecular complexity index is 1950. The highest BCUT2D eigenvalue weighted by Crippen LogP contribution is 2.61. The van der Waals surface area contributed by atoms with Crippen LogP contribution in [0.1, 0.15) is 78.7 Å². The summed E-state index contributed by atoms with van der Waals surface area (Å²) in [7, 11) is 1.32.